The zero-order chi connectivity index (χ0) is 20.1. The van der Waals surface area contributed by atoms with Gasteiger partial charge in [-0.3, -0.25) is 9.59 Å². The molecule has 0 saturated heterocycles. The van der Waals surface area contributed by atoms with Crippen molar-refractivity contribution in [1.29, 1.82) is 0 Å². The first kappa shape index (κ1) is 19.1. The lowest BCUT2D eigenvalue weighted by Gasteiger charge is -2.59. The van der Waals surface area contributed by atoms with Gasteiger partial charge in [-0.15, -0.1) is 0 Å². The summed E-state index contributed by atoms with van der Waals surface area (Å²) in [6.45, 7) is 3.57. The van der Waals surface area contributed by atoms with Crippen LogP contribution < -0.4 is 20.5 Å². The summed E-state index contributed by atoms with van der Waals surface area (Å²) in [5, 5.41) is 3.26. The molecule has 3 N–H and O–H groups in total. The highest BCUT2D eigenvalue weighted by Crippen LogP contribution is 2.59. The Hall–Kier alpha value is -2.24. The number of methoxy groups -OCH3 is 1. The third-order valence-corrected chi connectivity index (χ3v) is 7.07. The van der Waals surface area contributed by atoms with Crippen LogP contribution in [0.25, 0.3) is 0 Å². The molecule has 0 aliphatic heterocycles. The highest BCUT2D eigenvalue weighted by atomic mass is 16.5. The van der Waals surface area contributed by atoms with Crippen LogP contribution in [-0.4, -0.2) is 30.6 Å². The first-order valence-electron chi connectivity index (χ1n) is 10.2. The van der Waals surface area contributed by atoms with E-state index < -0.39 is 5.60 Å². The van der Waals surface area contributed by atoms with Gasteiger partial charge in [-0.1, -0.05) is 0 Å². The maximum absolute atomic E-state index is 13.0. The van der Waals surface area contributed by atoms with Crippen molar-refractivity contribution in [2.75, 3.05) is 7.11 Å². The second-order valence-electron chi connectivity index (χ2n) is 9.40. The van der Waals surface area contributed by atoms with E-state index in [2.05, 4.69) is 5.32 Å². The van der Waals surface area contributed by atoms with Gasteiger partial charge in [0.25, 0.3) is 5.91 Å². The lowest BCUT2D eigenvalue weighted by molar-refractivity contribution is -0.150. The number of carbonyl (C=O) groups excluding carboxylic acids is 2. The van der Waals surface area contributed by atoms with Crippen molar-refractivity contribution in [3.63, 3.8) is 0 Å². The van der Waals surface area contributed by atoms with E-state index >= 15 is 0 Å². The fourth-order valence-electron chi connectivity index (χ4n) is 5.87. The molecular weight excluding hydrogens is 356 g/mol. The molecule has 4 aliphatic carbocycles. The second kappa shape index (κ2) is 6.68. The molecule has 5 rings (SSSR count). The average Bonchev–Trinajstić information content (AvgIpc) is 2.64. The highest BCUT2D eigenvalue weighted by Gasteiger charge is 2.58. The minimum absolute atomic E-state index is 0.107. The third-order valence-electron chi connectivity index (χ3n) is 7.07. The minimum atomic E-state index is -0.995. The predicted molar refractivity (Wildman–Crippen MR) is 105 cm³/mol. The summed E-state index contributed by atoms with van der Waals surface area (Å²) in [6.07, 6.45) is 4.70. The van der Waals surface area contributed by atoms with Gasteiger partial charge in [0.2, 0.25) is 5.91 Å². The minimum Gasteiger partial charge on any atom is -0.497 e. The van der Waals surface area contributed by atoms with Crippen molar-refractivity contribution >= 4 is 11.8 Å². The van der Waals surface area contributed by atoms with Gasteiger partial charge in [0.05, 0.1) is 7.11 Å². The Balaban J connectivity index is 1.44. The van der Waals surface area contributed by atoms with E-state index in [9.17, 15) is 9.59 Å². The van der Waals surface area contributed by atoms with Gasteiger partial charge < -0.3 is 20.5 Å². The van der Waals surface area contributed by atoms with Crippen LogP contribution >= 0.6 is 0 Å². The Morgan fingerprint density at radius 3 is 2.18 bits per heavy atom. The molecule has 4 bridgehead atoms. The van der Waals surface area contributed by atoms with Gasteiger partial charge in [-0.05, 0) is 88.0 Å². The molecule has 0 heterocycles. The van der Waals surface area contributed by atoms with Gasteiger partial charge in [-0.2, -0.15) is 0 Å². The molecule has 0 aromatic heterocycles. The molecule has 0 radical (unpaired) electrons. The van der Waals surface area contributed by atoms with E-state index in [1.54, 1.807) is 33.1 Å². The summed E-state index contributed by atoms with van der Waals surface area (Å²) in [4.78, 5) is 25.1. The molecule has 6 nitrogen and oxygen atoms in total. The normalized spacial score (nSPS) is 33.4. The zero-order valence-corrected chi connectivity index (χ0v) is 16.9. The van der Waals surface area contributed by atoms with Crippen molar-refractivity contribution in [2.45, 2.75) is 57.6 Å². The fourth-order valence-corrected chi connectivity index (χ4v) is 5.87. The first-order valence-corrected chi connectivity index (χ1v) is 10.2. The summed E-state index contributed by atoms with van der Waals surface area (Å²) in [5.41, 5.74) is 4.42. The lowest BCUT2D eigenvalue weighted by atomic mass is 9.47. The quantitative estimate of drug-likeness (QED) is 0.786. The van der Waals surface area contributed by atoms with Gasteiger partial charge in [0, 0.05) is 11.5 Å². The predicted octanol–water partition coefficient (Wildman–Crippen LogP) is 2.65. The number of rotatable bonds is 6. The van der Waals surface area contributed by atoms with Crippen molar-refractivity contribution < 1.29 is 19.1 Å². The zero-order valence-electron chi connectivity index (χ0n) is 16.9. The first-order chi connectivity index (χ1) is 13.2. The van der Waals surface area contributed by atoms with Crippen LogP contribution in [0.15, 0.2) is 24.3 Å². The standard InChI is InChI=1S/C22H30N2O4/c1-21(2,28-17-6-4-16(27-3)5-7-17)20(26)24-18-14-8-13-9-15(18)12-22(10-13,11-14)19(23)25/h4-7,13-15,18H,8-12H2,1-3H3,(H2,23,25)(H,24,26). The van der Waals surface area contributed by atoms with E-state index in [1.807, 2.05) is 12.1 Å². The second-order valence-corrected chi connectivity index (χ2v) is 9.40. The lowest BCUT2D eigenvalue weighted by Crippen LogP contribution is -2.63. The van der Waals surface area contributed by atoms with Gasteiger partial charge in [0.15, 0.2) is 5.60 Å². The Bertz CT molecular complexity index is 757. The van der Waals surface area contributed by atoms with Crippen LogP contribution in [0.2, 0.25) is 0 Å². The molecule has 28 heavy (non-hydrogen) atoms. The molecule has 4 aliphatic rings. The van der Waals surface area contributed by atoms with E-state index in [4.69, 9.17) is 15.2 Å². The molecule has 4 fully saturated rings. The van der Waals surface area contributed by atoms with Gasteiger partial charge in [-0.25, -0.2) is 0 Å². The van der Waals surface area contributed by atoms with Crippen LogP contribution in [0.1, 0.15) is 46.0 Å². The van der Waals surface area contributed by atoms with Crippen molar-refractivity contribution in [2.24, 2.45) is 28.9 Å². The average molecular weight is 386 g/mol. The SMILES string of the molecule is COc1ccc(OC(C)(C)C(=O)NC2C3CC4CC2CC(C(N)=O)(C4)C3)cc1. The number of carbonyl (C=O) groups is 2. The number of hydrogen-bond donors (Lipinski definition) is 2. The number of nitrogens with one attached hydrogen (secondary N) is 1. The summed E-state index contributed by atoms with van der Waals surface area (Å²) in [6, 6.07) is 7.32. The third kappa shape index (κ3) is 3.23. The molecule has 4 saturated carbocycles. The summed E-state index contributed by atoms with van der Waals surface area (Å²) < 4.78 is 11.1. The number of benzene rings is 1. The van der Waals surface area contributed by atoms with Crippen LogP contribution in [0, 0.1) is 23.2 Å². The van der Waals surface area contributed by atoms with Gasteiger partial charge in [0.1, 0.15) is 11.5 Å². The Labute approximate surface area is 166 Å². The maximum atomic E-state index is 13.0. The van der Waals surface area contributed by atoms with E-state index in [-0.39, 0.29) is 23.3 Å². The summed E-state index contributed by atoms with van der Waals surface area (Å²) in [7, 11) is 1.61. The van der Waals surface area contributed by atoms with Crippen molar-refractivity contribution in [3.8, 4) is 11.5 Å². The molecule has 0 spiro atoms. The molecule has 6 heteroatoms. The van der Waals surface area contributed by atoms with E-state index in [0.717, 1.165) is 37.9 Å². The molecule has 1 aromatic rings. The molecular formula is C22H30N2O4. The molecule has 2 amide bonds. The van der Waals surface area contributed by atoms with Crippen molar-refractivity contribution in [1.82, 2.24) is 5.32 Å². The smallest absolute Gasteiger partial charge is 0.263 e. The number of hydrogen-bond acceptors (Lipinski definition) is 4. The number of ether oxygens (including phenoxy) is 2. The maximum Gasteiger partial charge on any atom is 0.263 e. The topological polar surface area (TPSA) is 90.7 Å². The molecule has 2 atom stereocenters. The monoisotopic (exact) mass is 386 g/mol. The largest absolute Gasteiger partial charge is 0.497 e. The fraction of sp³-hybridized carbons (Fsp3) is 0.636. The number of primary amides is 1. The number of nitrogens with two attached hydrogens (primary N) is 1. The van der Waals surface area contributed by atoms with Crippen LogP contribution in [0.3, 0.4) is 0 Å². The Kier molecular flexibility index (Phi) is 4.55. The Morgan fingerprint density at radius 2 is 1.64 bits per heavy atom. The highest BCUT2D eigenvalue weighted by molar-refractivity contribution is 5.85. The Morgan fingerprint density at radius 1 is 1.07 bits per heavy atom. The summed E-state index contributed by atoms with van der Waals surface area (Å²) in [5.74, 6) is 2.33. The van der Waals surface area contributed by atoms with Gasteiger partial charge >= 0.3 is 0 Å². The van der Waals surface area contributed by atoms with Crippen molar-refractivity contribution in [3.05, 3.63) is 24.3 Å². The van der Waals surface area contributed by atoms with Crippen LogP contribution in [0.4, 0.5) is 0 Å². The molecule has 2 unspecified atom stereocenters. The van der Waals surface area contributed by atoms with E-state index in [1.165, 1.54) is 0 Å². The molecule has 152 valence electrons. The van der Waals surface area contributed by atoms with Crippen LogP contribution in [-0.2, 0) is 9.59 Å². The summed E-state index contributed by atoms with van der Waals surface area (Å²) >= 11 is 0. The van der Waals surface area contributed by atoms with E-state index in [0.29, 0.717) is 23.5 Å². The van der Waals surface area contributed by atoms with Crippen LogP contribution in [0.5, 0.6) is 11.5 Å². The number of amides is 2. The molecule has 1 aromatic carbocycles.